The number of hydrogen-bond donors (Lipinski definition) is 0. The smallest absolute Gasteiger partial charge is 0.260 e. The van der Waals surface area contributed by atoms with Gasteiger partial charge >= 0.3 is 0 Å². The zero-order valence-corrected chi connectivity index (χ0v) is 17.2. The summed E-state index contributed by atoms with van der Waals surface area (Å²) < 4.78 is 6.57. The van der Waals surface area contributed by atoms with Gasteiger partial charge < -0.3 is 4.43 Å². The number of benzene rings is 1. The number of carbonyl (C=O) groups excluding carboxylic acids is 2. The summed E-state index contributed by atoms with van der Waals surface area (Å²) >= 11 is 0. The Kier molecular flexibility index (Phi) is 5.98. The van der Waals surface area contributed by atoms with E-state index in [9.17, 15) is 9.59 Å². The largest absolute Gasteiger partial charge is 0.403 e. The van der Waals surface area contributed by atoms with E-state index in [1.165, 1.54) is 17.7 Å². The van der Waals surface area contributed by atoms with Gasteiger partial charge in [0.05, 0.1) is 6.04 Å². The Morgan fingerprint density at radius 3 is 2.19 bits per heavy atom. The molecule has 1 aliphatic heterocycles. The summed E-state index contributed by atoms with van der Waals surface area (Å²) in [5.74, 6) is 0.106. The Balaban J connectivity index is 1.85. The Morgan fingerprint density at radius 1 is 1.08 bits per heavy atom. The van der Waals surface area contributed by atoms with Gasteiger partial charge in [-0.15, -0.1) is 0 Å². The van der Waals surface area contributed by atoms with E-state index in [1.54, 1.807) is 12.1 Å². The molecule has 1 aromatic carbocycles. The fourth-order valence-electron chi connectivity index (χ4n) is 4.59. The van der Waals surface area contributed by atoms with Crippen LogP contribution >= 0.6 is 0 Å². The molecule has 0 N–H and O–H groups in total. The van der Waals surface area contributed by atoms with E-state index in [1.807, 2.05) is 18.2 Å². The molecule has 2 aliphatic rings. The van der Waals surface area contributed by atoms with Crippen LogP contribution in [0.5, 0.6) is 0 Å². The van der Waals surface area contributed by atoms with E-state index in [2.05, 4.69) is 20.8 Å². The lowest BCUT2D eigenvalue weighted by Crippen LogP contribution is -2.71. The second-order valence-corrected chi connectivity index (χ2v) is 12.4. The first kappa shape index (κ1) is 19.3. The first-order valence-electron chi connectivity index (χ1n) is 10.2. The SMILES string of the molecule is CC[Si](CC)(CC)OC1C(=O)N(C(=O)c2ccccc2)C1C1CCCC1. The second kappa shape index (κ2) is 8.05. The minimum Gasteiger partial charge on any atom is -0.403 e. The second-order valence-electron chi connectivity index (χ2n) is 7.70. The Bertz CT molecular complexity index is 630. The molecule has 3 rings (SSSR count). The van der Waals surface area contributed by atoms with Gasteiger partial charge in [0.15, 0.2) is 8.32 Å². The summed E-state index contributed by atoms with van der Waals surface area (Å²) in [7, 11) is -1.89. The molecule has 2 atom stereocenters. The van der Waals surface area contributed by atoms with E-state index < -0.39 is 14.4 Å². The number of imide groups is 1. The predicted molar refractivity (Wildman–Crippen MR) is 105 cm³/mol. The van der Waals surface area contributed by atoms with Crippen molar-refractivity contribution in [3.63, 3.8) is 0 Å². The van der Waals surface area contributed by atoms with Gasteiger partial charge in [-0.3, -0.25) is 14.5 Å². The van der Waals surface area contributed by atoms with Crippen molar-refractivity contribution in [2.75, 3.05) is 0 Å². The number of rotatable bonds is 7. The fourth-order valence-corrected chi connectivity index (χ4v) is 7.36. The molecule has 0 bridgehead atoms. The maximum atomic E-state index is 13.0. The molecule has 1 aliphatic carbocycles. The van der Waals surface area contributed by atoms with E-state index in [0.29, 0.717) is 11.5 Å². The third kappa shape index (κ3) is 3.39. The van der Waals surface area contributed by atoms with Crippen LogP contribution in [0.15, 0.2) is 30.3 Å². The maximum absolute atomic E-state index is 13.0. The first-order valence-corrected chi connectivity index (χ1v) is 12.7. The third-order valence-electron chi connectivity index (χ3n) is 6.52. The van der Waals surface area contributed by atoms with Crippen molar-refractivity contribution in [2.45, 2.75) is 76.7 Å². The van der Waals surface area contributed by atoms with E-state index in [4.69, 9.17) is 4.43 Å². The van der Waals surface area contributed by atoms with Crippen molar-refractivity contribution in [1.82, 2.24) is 4.90 Å². The Hall–Kier alpha value is -1.46. The van der Waals surface area contributed by atoms with Crippen molar-refractivity contribution in [3.05, 3.63) is 35.9 Å². The minimum absolute atomic E-state index is 0.0748. The molecular weight excluding hydrogens is 342 g/mol. The number of carbonyl (C=O) groups is 2. The summed E-state index contributed by atoms with van der Waals surface area (Å²) in [6, 6.07) is 12.2. The van der Waals surface area contributed by atoms with Gasteiger partial charge in [-0.2, -0.15) is 0 Å². The molecule has 1 saturated heterocycles. The highest BCUT2D eigenvalue weighted by Gasteiger charge is 2.56. The molecule has 1 heterocycles. The summed E-state index contributed by atoms with van der Waals surface area (Å²) in [6.45, 7) is 6.54. The summed E-state index contributed by atoms with van der Waals surface area (Å²) in [5, 5.41) is 0. The van der Waals surface area contributed by atoms with Gasteiger partial charge in [0, 0.05) is 5.56 Å². The highest BCUT2D eigenvalue weighted by molar-refractivity contribution is 6.73. The van der Waals surface area contributed by atoms with Crippen LogP contribution in [0.1, 0.15) is 56.8 Å². The minimum atomic E-state index is -1.89. The molecule has 2 fully saturated rings. The molecule has 4 nitrogen and oxygen atoms in total. The third-order valence-corrected chi connectivity index (χ3v) is 11.1. The number of hydrogen-bond acceptors (Lipinski definition) is 3. The molecule has 142 valence electrons. The zero-order chi connectivity index (χ0) is 18.7. The van der Waals surface area contributed by atoms with Gasteiger partial charge in [-0.05, 0) is 49.0 Å². The van der Waals surface area contributed by atoms with Gasteiger partial charge in [0.2, 0.25) is 0 Å². The summed E-state index contributed by atoms with van der Waals surface area (Å²) in [4.78, 5) is 27.5. The van der Waals surface area contributed by atoms with Crippen LogP contribution < -0.4 is 0 Å². The fraction of sp³-hybridized carbons (Fsp3) is 0.619. The number of nitrogens with zero attached hydrogens (tertiary/aromatic N) is 1. The van der Waals surface area contributed by atoms with Crippen LogP contribution in [0.3, 0.4) is 0 Å². The van der Waals surface area contributed by atoms with Gasteiger partial charge in [0.1, 0.15) is 6.10 Å². The van der Waals surface area contributed by atoms with Crippen molar-refractivity contribution < 1.29 is 14.0 Å². The lowest BCUT2D eigenvalue weighted by atomic mass is 9.84. The van der Waals surface area contributed by atoms with Crippen LogP contribution in [-0.4, -0.2) is 37.2 Å². The lowest BCUT2D eigenvalue weighted by Gasteiger charge is -2.51. The van der Waals surface area contributed by atoms with Crippen molar-refractivity contribution in [2.24, 2.45) is 5.92 Å². The van der Waals surface area contributed by atoms with E-state index in [-0.39, 0.29) is 17.9 Å². The lowest BCUT2D eigenvalue weighted by molar-refractivity contribution is -0.162. The molecule has 1 saturated carbocycles. The van der Waals surface area contributed by atoms with Gasteiger partial charge in [-0.25, -0.2) is 0 Å². The molecule has 2 amide bonds. The van der Waals surface area contributed by atoms with E-state index in [0.717, 1.165) is 31.0 Å². The van der Waals surface area contributed by atoms with Crippen LogP contribution in [0.25, 0.3) is 0 Å². The van der Waals surface area contributed by atoms with E-state index >= 15 is 0 Å². The quantitative estimate of drug-likeness (QED) is 0.398. The van der Waals surface area contributed by atoms with Crippen molar-refractivity contribution in [3.8, 4) is 0 Å². The monoisotopic (exact) mass is 373 g/mol. The standard InChI is InChI=1S/C21H31NO3Si/c1-4-26(5-2,6-3)25-19-18(16-12-10-11-13-16)22(21(19)24)20(23)17-14-8-7-9-15-17/h7-9,14-16,18-19H,4-6,10-13H2,1-3H3. The van der Waals surface area contributed by atoms with Crippen LogP contribution in [0, 0.1) is 5.92 Å². The molecular formula is C21H31NO3Si. The molecule has 0 spiro atoms. The van der Waals surface area contributed by atoms with Gasteiger partial charge in [0.25, 0.3) is 11.8 Å². The highest BCUT2D eigenvalue weighted by atomic mass is 28.4. The molecule has 26 heavy (non-hydrogen) atoms. The maximum Gasteiger partial charge on any atom is 0.260 e. The van der Waals surface area contributed by atoms with Crippen molar-refractivity contribution in [1.29, 1.82) is 0 Å². The first-order chi connectivity index (χ1) is 12.6. The number of likely N-dealkylation sites (tertiary alicyclic amines) is 1. The topological polar surface area (TPSA) is 46.6 Å². The summed E-state index contributed by atoms with van der Waals surface area (Å²) in [6.07, 6.45) is 4.16. The molecule has 0 radical (unpaired) electrons. The van der Waals surface area contributed by atoms with Gasteiger partial charge in [-0.1, -0.05) is 51.8 Å². The van der Waals surface area contributed by atoms with Crippen molar-refractivity contribution >= 4 is 20.1 Å². The molecule has 0 aromatic heterocycles. The number of amides is 2. The Labute approximate surface area is 158 Å². The molecule has 1 aromatic rings. The average molecular weight is 374 g/mol. The van der Waals surface area contributed by atoms with Crippen LogP contribution in [0.2, 0.25) is 18.1 Å². The number of β-lactam (4-membered cyclic amide) rings is 1. The molecule has 2 unspecified atom stereocenters. The van der Waals surface area contributed by atoms with Crippen LogP contribution in [-0.2, 0) is 9.22 Å². The zero-order valence-electron chi connectivity index (χ0n) is 16.2. The summed E-state index contributed by atoms with van der Waals surface area (Å²) in [5.41, 5.74) is 0.590. The van der Waals surface area contributed by atoms with Crippen LogP contribution in [0.4, 0.5) is 0 Å². The predicted octanol–water partition coefficient (Wildman–Crippen LogP) is 4.62. The average Bonchev–Trinajstić information content (AvgIpc) is 3.21. The highest BCUT2D eigenvalue weighted by Crippen LogP contribution is 2.41. The Morgan fingerprint density at radius 2 is 1.65 bits per heavy atom. The molecule has 5 heteroatoms. The normalized spacial score (nSPS) is 24.0.